The second kappa shape index (κ2) is 10.4. The van der Waals surface area contributed by atoms with Crippen molar-refractivity contribution in [3.8, 4) is 17.3 Å². The van der Waals surface area contributed by atoms with Gasteiger partial charge in [0.2, 0.25) is 0 Å². The van der Waals surface area contributed by atoms with Crippen molar-refractivity contribution in [2.24, 2.45) is 0 Å². The summed E-state index contributed by atoms with van der Waals surface area (Å²) >= 11 is 11.8. The van der Waals surface area contributed by atoms with Crippen molar-refractivity contribution >= 4 is 44.8 Å². The van der Waals surface area contributed by atoms with E-state index >= 15 is 0 Å². The molecule has 0 unspecified atom stereocenters. The number of hydrogen-bond donors (Lipinski definition) is 0. The highest BCUT2D eigenvalue weighted by molar-refractivity contribution is 7.90. The molecule has 0 atom stereocenters. The van der Waals surface area contributed by atoms with E-state index in [-0.39, 0.29) is 59.3 Å². The zero-order valence-electron chi connectivity index (χ0n) is 19.6. The summed E-state index contributed by atoms with van der Waals surface area (Å²) in [6.07, 6.45) is -3.93. The Morgan fingerprint density at radius 3 is 2.18 bits per heavy atom. The molecule has 4 rings (SSSR count). The Morgan fingerprint density at radius 1 is 1.03 bits per heavy atom. The lowest BCUT2D eigenvalue weighted by Gasteiger charge is -2.36. The minimum absolute atomic E-state index is 0.0222. The van der Waals surface area contributed by atoms with Crippen molar-refractivity contribution in [2.75, 3.05) is 37.3 Å². The molecule has 1 aromatic carbocycles. The Bertz CT molecular complexity index is 1550. The number of alkyl halides is 3. The highest BCUT2D eigenvalue weighted by atomic mass is 35.5. The van der Waals surface area contributed by atoms with Gasteiger partial charge in [-0.3, -0.25) is 4.79 Å². The van der Waals surface area contributed by atoms with Crippen molar-refractivity contribution in [3.05, 3.63) is 69.5 Å². The fourth-order valence-corrected chi connectivity index (χ4v) is 5.41. The summed E-state index contributed by atoms with van der Waals surface area (Å²) in [5, 5.41) is 9.85. The van der Waals surface area contributed by atoms with E-state index in [0.717, 1.165) is 24.5 Å². The molecule has 198 valence electrons. The number of halogens is 5. The monoisotopic (exact) mass is 583 g/mol. The molecule has 1 saturated heterocycles. The Hall–Kier alpha value is -3.40. The summed E-state index contributed by atoms with van der Waals surface area (Å²) in [5.74, 6) is -0.328. The van der Waals surface area contributed by atoms with Crippen LogP contribution >= 0.6 is 23.2 Å². The van der Waals surface area contributed by atoms with Crippen LogP contribution in [0.2, 0.25) is 10.3 Å². The van der Waals surface area contributed by atoms with E-state index in [0.29, 0.717) is 0 Å². The number of hydrogen-bond acceptors (Lipinski definition) is 7. The number of nitrogens with zero attached hydrogens (tertiary/aromatic N) is 5. The summed E-state index contributed by atoms with van der Waals surface area (Å²) < 4.78 is 66.4. The van der Waals surface area contributed by atoms with Gasteiger partial charge in [0.05, 0.1) is 21.7 Å². The number of amides is 1. The molecule has 0 N–H and O–H groups in total. The predicted octanol–water partition coefficient (Wildman–Crippen LogP) is 4.71. The molecular formula is C24H18Cl2F3N5O3S. The molecule has 8 nitrogen and oxygen atoms in total. The second-order valence-electron chi connectivity index (χ2n) is 8.41. The molecule has 1 amide bonds. The van der Waals surface area contributed by atoms with E-state index in [2.05, 4.69) is 9.97 Å². The molecule has 0 bridgehead atoms. The molecule has 0 aliphatic carbocycles. The number of piperazine rings is 1. The summed E-state index contributed by atoms with van der Waals surface area (Å²) in [5.41, 5.74) is -1.77. The van der Waals surface area contributed by atoms with Crippen molar-refractivity contribution in [2.45, 2.75) is 11.1 Å². The first-order chi connectivity index (χ1) is 17.8. The van der Waals surface area contributed by atoms with E-state index in [1.807, 2.05) is 6.07 Å². The van der Waals surface area contributed by atoms with Gasteiger partial charge < -0.3 is 9.80 Å². The van der Waals surface area contributed by atoms with E-state index in [9.17, 15) is 31.6 Å². The van der Waals surface area contributed by atoms with Crippen LogP contribution < -0.4 is 4.90 Å². The zero-order valence-corrected chi connectivity index (χ0v) is 22.0. The van der Waals surface area contributed by atoms with Gasteiger partial charge in [-0.1, -0.05) is 41.4 Å². The third kappa shape index (κ3) is 5.70. The SMILES string of the molecule is CS(=O)(=O)c1cc(C#N)c(N2CCN(C(=O)c3cc(Cl)nc(Cl)c3)CC2)nc1-c1ccccc1C(F)(F)F. The normalized spacial score (nSPS) is 14.3. The highest BCUT2D eigenvalue weighted by Crippen LogP contribution is 2.40. The van der Waals surface area contributed by atoms with Crippen LogP contribution in [0, 0.1) is 11.3 Å². The summed E-state index contributed by atoms with van der Waals surface area (Å²) in [7, 11) is -4.06. The lowest BCUT2D eigenvalue weighted by molar-refractivity contribution is -0.137. The second-order valence-corrected chi connectivity index (χ2v) is 11.2. The molecule has 1 aliphatic heterocycles. The number of carbonyl (C=O) groups excluding carboxylic acids is 1. The van der Waals surface area contributed by atoms with Gasteiger partial charge in [-0.2, -0.15) is 18.4 Å². The summed E-state index contributed by atoms with van der Waals surface area (Å²) in [6.45, 7) is 0.730. The standard InChI is InChI=1S/C24H18Cl2F3N5O3S/c1-38(36,37)18-10-15(13-30)22(32-21(18)16-4-2-3-5-17(16)24(27,28)29)33-6-8-34(9-7-33)23(35)14-11-19(25)31-20(26)12-14/h2-5,10-12H,6-9H2,1H3. The van der Waals surface area contributed by atoms with Gasteiger partial charge in [0, 0.05) is 43.6 Å². The van der Waals surface area contributed by atoms with Crippen LogP contribution in [0.1, 0.15) is 21.5 Å². The topological polar surface area (TPSA) is 107 Å². The largest absolute Gasteiger partial charge is 0.417 e. The molecule has 0 spiro atoms. The quantitative estimate of drug-likeness (QED) is 0.409. The van der Waals surface area contributed by atoms with Gasteiger partial charge in [0.15, 0.2) is 9.84 Å². The first kappa shape index (κ1) is 27.6. The lowest BCUT2D eigenvalue weighted by Crippen LogP contribution is -2.49. The third-order valence-corrected chi connectivity index (χ3v) is 7.35. The maximum Gasteiger partial charge on any atom is 0.417 e. The van der Waals surface area contributed by atoms with Gasteiger partial charge in [-0.15, -0.1) is 0 Å². The third-order valence-electron chi connectivity index (χ3n) is 5.85. The van der Waals surface area contributed by atoms with Crippen LogP contribution in [0.4, 0.5) is 19.0 Å². The number of benzene rings is 1. The van der Waals surface area contributed by atoms with Gasteiger partial charge in [-0.05, 0) is 24.3 Å². The number of rotatable bonds is 4. The average molecular weight is 584 g/mol. The molecule has 2 aromatic heterocycles. The van der Waals surface area contributed by atoms with Crippen LogP contribution in [0.5, 0.6) is 0 Å². The molecule has 1 aliphatic rings. The van der Waals surface area contributed by atoms with Crippen molar-refractivity contribution in [1.29, 1.82) is 5.26 Å². The van der Waals surface area contributed by atoms with E-state index in [1.165, 1.54) is 29.2 Å². The van der Waals surface area contributed by atoms with Crippen LogP contribution in [0.15, 0.2) is 47.4 Å². The Morgan fingerprint density at radius 2 is 1.63 bits per heavy atom. The fraction of sp³-hybridized carbons (Fsp3) is 0.250. The fourth-order valence-electron chi connectivity index (χ4n) is 4.11. The molecule has 1 fully saturated rings. The van der Waals surface area contributed by atoms with Gasteiger partial charge in [-0.25, -0.2) is 18.4 Å². The van der Waals surface area contributed by atoms with Crippen LogP contribution in [-0.2, 0) is 16.0 Å². The molecular weight excluding hydrogens is 566 g/mol. The Kier molecular flexibility index (Phi) is 7.56. The van der Waals surface area contributed by atoms with Crippen LogP contribution in [-0.4, -0.2) is 61.6 Å². The first-order valence-electron chi connectivity index (χ1n) is 11.0. The van der Waals surface area contributed by atoms with Gasteiger partial charge in [0.25, 0.3) is 5.91 Å². The molecule has 14 heteroatoms. The lowest BCUT2D eigenvalue weighted by atomic mass is 10.0. The van der Waals surface area contributed by atoms with Crippen molar-refractivity contribution < 1.29 is 26.4 Å². The molecule has 0 radical (unpaired) electrons. The number of nitriles is 1. The summed E-state index contributed by atoms with van der Waals surface area (Å²) in [6, 6.07) is 10.2. The van der Waals surface area contributed by atoms with E-state index in [4.69, 9.17) is 23.2 Å². The number of carbonyl (C=O) groups is 1. The zero-order chi connectivity index (χ0) is 27.8. The number of pyridine rings is 2. The Balaban J connectivity index is 1.72. The molecule has 3 aromatic rings. The maximum absolute atomic E-state index is 13.8. The van der Waals surface area contributed by atoms with Crippen LogP contribution in [0.25, 0.3) is 11.3 Å². The number of anilines is 1. The van der Waals surface area contributed by atoms with E-state index in [1.54, 1.807) is 4.90 Å². The number of aromatic nitrogens is 2. The highest BCUT2D eigenvalue weighted by Gasteiger charge is 2.36. The first-order valence-corrected chi connectivity index (χ1v) is 13.6. The van der Waals surface area contributed by atoms with Crippen molar-refractivity contribution in [3.63, 3.8) is 0 Å². The van der Waals surface area contributed by atoms with Gasteiger partial charge in [0.1, 0.15) is 22.2 Å². The van der Waals surface area contributed by atoms with Gasteiger partial charge >= 0.3 is 6.18 Å². The average Bonchev–Trinajstić information content (AvgIpc) is 2.86. The van der Waals surface area contributed by atoms with Crippen molar-refractivity contribution in [1.82, 2.24) is 14.9 Å². The smallest absolute Gasteiger partial charge is 0.352 e. The molecule has 0 saturated carbocycles. The van der Waals surface area contributed by atoms with Crippen LogP contribution in [0.3, 0.4) is 0 Å². The Labute approximate surface area is 226 Å². The van der Waals surface area contributed by atoms with E-state index < -0.39 is 37.7 Å². The predicted molar refractivity (Wildman–Crippen MR) is 135 cm³/mol. The minimum atomic E-state index is -4.77. The maximum atomic E-state index is 13.8. The molecule has 38 heavy (non-hydrogen) atoms. The number of sulfone groups is 1. The summed E-state index contributed by atoms with van der Waals surface area (Å²) in [4.78, 5) is 23.7. The minimum Gasteiger partial charge on any atom is -0.352 e. The molecule has 3 heterocycles.